The SMILES string of the molecule is NCC1CSCCC1c1cccc(Br)c1. The average molecular weight is 286 g/mol. The third kappa shape index (κ3) is 2.77. The van der Waals surface area contributed by atoms with Crippen molar-refractivity contribution in [2.24, 2.45) is 11.7 Å². The monoisotopic (exact) mass is 285 g/mol. The van der Waals surface area contributed by atoms with Gasteiger partial charge < -0.3 is 5.73 Å². The summed E-state index contributed by atoms with van der Waals surface area (Å²) in [5.74, 6) is 3.80. The molecule has 0 aromatic heterocycles. The van der Waals surface area contributed by atoms with Gasteiger partial charge in [0.25, 0.3) is 0 Å². The lowest BCUT2D eigenvalue weighted by atomic mass is 9.85. The second-order valence-corrected chi connectivity index (χ2v) is 6.09. The lowest BCUT2D eigenvalue weighted by Crippen LogP contribution is -2.28. The normalized spacial score (nSPS) is 26.5. The number of hydrogen-bond acceptors (Lipinski definition) is 2. The van der Waals surface area contributed by atoms with Crippen molar-refractivity contribution in [3.05, 3.63) is 34.3 Å². The Morgan fingerprint density at radius 3 is 3.07 bits per heavy atom. The second-order valence-electron chi connectivity index (χ2n) is 4.02. The smallest absolute Gasteiger partial charge is 0.0178 e. The van der Waals surface area contributed by atoms with Gasteiger partial charge >= 0.3 is 0 Å². The fourth-order valence-electron chi connectivity index (χ4n) is 2.21. The first-order valence-electron chi connectivity index (χ1n) is 5.34. The third-order valence-electron chi connectivity index (χ3n) is 3.05. The molecular weight excluding hydrogens is 270 g/mol. The summed E-state index contributed by atoms with van der Waals surface area (Å²) in [6.07, 6.45) is 1.27. The highest BCUT2D eigenvalue weighted by atomic mass is 79.9. The molecule has 1 heterocycles. The van der Waals surface area contributed by atoms with Gasteiger partial charge in [0.1, 0.15) is 0 Å². The molecule has 2 rings (SSSR count). The van der Waals surface area contributed by atoms with E-state index in [2.05, 4.69) is 40.2 Å². The molecular formula is C12H16BrNS. The van der Waals surface area contributed by atoms with Gasteiger partial charge in [-0.3, -0.25) is 0 Å². The van der Waals surface area contributed by atoms with Crippen molar-refractivity contribution in [1.82, 2.24) is 0 Å². The van der Waals surface area contributed by atoms with E-state index < -0.39 is 0 Å². The van der Waals surface area contributed by atoms with Crippen molar-refractivity contribution < 1.29 is 0 Å². The molecule has 82 valence electrons. The zero-order valence-electron chi connectivity index (χ0n) is 8.66. The topological polar surface area (TPSA) is 26.0 Å². The fourth-order valence-corrected chi connectivity index (χ4v) is 3.88. The van der Waals surface area contributed by atoms with E-state index in [4.69, 9.17) is 5.73 Å². The van der Waals surface area contributed by atoms with Crippen LogP contribution in [0.25, 0.3) is 0 Å². The maximum absolute atomic E-state index is 5.84. The van der Waals surface area contributed by atoms with Crippen LogP contribution in [0.4, 0.5) is 0 Å². The van der Waals surface area contributed by atoms with Crippen LogP contribution in [0.2, 0.25) is 0 Å². The Morgan fingerprint density at radius 1 is 1.47 bits per heavy atom. The molecule has 1 saturated heterocycles. The highest BCUT2D eigenvalue weighted by Crippen LogP contribution is 2.36. The Labute approximate surface area is 104 Å². The predicted octanol–water partition coefficient (Wildman–Crippen LogP) is 3.24. The first-order valence-corrected chi connectivity index (χ1v) is 7.29. The van der Waals surface area contributed by atoms with Gasteiger partial charge in [0, 0.05) is 4.47 Å². The second kappa shape index (κ2) is 5.37. The van der Waals surface area contributed by atoms with Crippen molar-refractivity contribution in [1.29, 1.82) is 0 Å². The van der Waals surface area contributed by atoms with Gasteiger partial charge in [0.05, 0.1) is 0 Å². The van der Waals surface area contributed by atoms with Gasteiger partial charge in [0.15, 0.2) is 0 Å². The molecule has 2 N–H and O–H groups in total. The summed E-state index contributed by atoms with van der Waals surface area (Å²) >= 11 is 5.57. The van der Waals surface area contributed by atoms with Gasteiger partial charge in [-0.1, -0.05) is 28.1 Å². The molecule has 0 saturated carbocycles. The first-order chi connectivity index (χ1) is 7.31. The van der Waals surface area contributed by atoms with E-state index in [1.165, 1.54) is 28.0 Å². The van der Waals surface area contributed by atoms with Gasteiger partial charge in [-0.05, 0) is 54.0 Å². The Balaban J connectivity index is 2.20. The Hall–Kier alpha value is 0.01000. The van der Waals surface area contributed by atoms with Crippen molar-refractivity contribution in [3.63, 3.8) is 0 Å². The fraction of sp³-hybridized carbons (Fsp3) is 0.500. The lowest BCUT2D eigenvalue weighted by Gasteiger charge is -2.30. The van der Waals surface area contributed by atoms with Gasteiger partial charge in [-0.15, -0.1) is 0 Å². The number of thioether (sulfide) groups is 1. The van der Waals surface area contributed by atoms with Crippen LogP contribution in [-0.4, -0.2) is 18.1 Å². The first kappa shape index (κ1) is 11.5. The largest absolute Gasteiger partial charge is 0.330 e. The number of halogens is 1. The van der Waals surface area contributed by atoms with Crippen molar-refractivity contribution in [2.75, 3.05) is 18.1 Å². The van der Waals surface area contributed by atoms with Crippen molar-refractivity contribution in [2.45, 2.75) is 12.3 Å². The van der Waals surface area contributed by atoms with Crippen molar-refractivity contribution >= 4 is 27.7 Å². The molecule has 0 radical (unpaired) electrons. The van der Waals surface area contributed by atoms with Gasteiger partial charge in [-0.25, -0.2) is 0 Å². The summed E-state index contributed by atoms with van der Waals surface area (Å²) in [6.45, 7) is 0.810. The minimum atomic E-state index is 0.651. The third-order valence-corrected chi connectivity index (χ3v) is 4.74. The maximum Gasteiger partial charge on any atom is 0.0178 e. The quantitative estimate of drug-likeness (QED) is 0.903. The molecule has 1 aromatic rings. The van der Waals surface area contributed by atoms with Crippen LogP contribution in [0.5, 0.6) is 0 Å². The number of rotatable bonds is 2. The molecule has 1 aromatic carbocycles. The molecule has 1 nitrogen and oxygen atoms in total. The van der Waals surface area contributed by atoms with E-state index in [1.807, 2.05) is 11.8 Å². The maximum atomic E-state index is 5.84. The minimum Gasteiger partial charge on any atom is -0.330 e. The molecule has 15 heavy (non-hydrogen) atoms. The Kier molecular flexibility index (Phi) is 4.12. The van der Waals surface area contributed by atoms with Crippen LogP contribution < -0.4 is 5.73 Å². The predicted molar refractivity (Wildman–Crippen MR) is 71.4 cm³/mol. The molecule has 2 atom stereocenters. The summed E-state index contributed by atoms with van der Waals surface area (Å²) in [5, 5.41) is 0. The van der Waals surface area contributed by atoms with E-state index in [1.54, 1.807) is 0 Å². The Bertz CT molecular complexity index is 329. The zero-order valence-corrected chi connectivity index (χ0v) is 11.1. The van der Waals surface area contributed by atoms with Crippen LogP contribution in [0, 0.1) is 5.92 Å². The molecule has 0 bridgehead atoms. The summed E-state index contributed by atoms with van der Waals surface area (Å²) in [4.78, 5) is 0. The summed E-state index contributed by atoms with van der Waals surface area (Å²) in [5.41, 5.74) is 7.29. The molecule has 2 unspecified atom stereocenters. The zero-order chi connectivity index (χ0) is 10.7. The van der Waals surface area contributed by atoms with E-state index in [0.717, 1.165) is 6.54 Å². The van der Waals surface area contributed by atoms with E-state index >= 15 is 0 Å². The number of nitrogens with two attached hydrogens (primary N) is 1. The van der Waals surface area contributed by atoms with Gasteiger partial charge in [0.2, 0.25) is 0 Å². The Morgan fingerprint density at radius 2 is 2.33 bits per heavy atom. The lowest BCUT2D eigenvalue weighted by molar-refractivity contribution is 0.455. The van der Waals surface area contributed by atoms with Crippen LogP contribution in [0.15, 0.2) is 28.7 Å². The van der Waals surface area contributed by atoms with Gasteiger partial charge in [-0.2, -0.15) is 11.8 Å². The van der Waals surface area contributed by atoms with Crippen LogP contribution in [-0.2, 0) is 0 Å². The van der Waals surface area contributed by atoms with Crippen LogP contribution in [0.3, 0.4) is 0 Å². The standard InChI is InChI=1S/C12H16BrNS/c13-11-3-1-2-9(6-11)12-4-5-15-8-10(12)7-14/h1-3,6,10,12H,4-5,7-8,14H2. The molecule has 1 aliphatic heterocycles. The minimum absolute atomic E-state index is 0.651. The highest BCUT2D eigenvalue weighted by Gasteiger charge is 2.25. The molecule has 0 amide bonds. The molecule has 1 fully saturated rings. The number of hydrogen-bond donors (Lipinski definition) is 1. The molecule has 0 spiro atoms. The van der Waals surface area contributed by atoms with Crippen LogP contribution in [0.1, 0.15) is 17.9 Å². The molecule has 1 aliphatic rings. The van der Waals surface area contributed by atoms with E-state index in [-0.39, 0.29) is 0 Å². The van der Waals surface area contributed by atoms with Crippen LogP contribution >= 0.6 is 27.7 Å². The average Bonchev–Trinajstić information content (AvgIpc) is 2.29. The summed E-state index contributed by atoms with van der Waals surface area (Å²) in [7, 11) is 0. The summed E-state index contributed by atoms with van der Waals surface area (Å²) in [6, 6.07) is 8.67. The van der Waals surface area contributed by atoms with E-state index in [9.17, 15) is 0 Å². The number of benzene rings is 1. The highest BCUT2D eigenvalue weighted by molar-refractivity contribution is 9.10. The molecule has 0 aliphatic carbocycles. The molecule has 3 heteroatoms. The van der Waals surface area contributed by atoms with Crippen molar-refractivity contribution in [3.8, 4) is 0 Å². The van der Waals surface area contributed by atoms with E-state index in [0.29, 0.717) is 11.8 Å². The summed E-state index contributed by atoms with van der Waals surface area (Å²) < 4.78 is 1.17.